The second-order valence-electron chi connectivity index (χ2n) is 5.96. The van der Waals surface area contributed by atoms with Crippen LogP contribution in [0.2, 0.25) is 0 Å². The van der Waals surface area contributed by atoms with E-state index in [4.69, 9.17) is 5.73 Å². The lowest BCUT2D eigenvalue weighted by Gasteiger charge is -2.18. The van der Waals surface area contributed by atoms with Crippen molar-refractivity contribution in [1.29, 1.82) is 5.26 Å². The predicted octanol–water partition coefficient (Wildman–Crippen LogP) is 2.91. The summed E-state index contributed by atoms with van der Waals surface area (Å²) in [6.45, 7) is 2.00. The number of thioether (sulfide) groups is 1. The van der Waals surface area contributed by atoms with Crippen LogP contribution in [0.25, 0.3) is 0 Å². The van der Waals surface area contributed by atoms with E-state index in [0.717, 1.165) is 11.1 Å². The van der Waals surface area contributed by atoms with Gasteiger partial charge in [0.2, 0.25) is 5.91 Å². The molecule has 0 spiro atoms. The molecule has 0 radical (unpaired) electrons. The summed E-state index contributed by atoms with van der Waals surface area (Å²) in [5.41, 5.74) is 7.94. The molecule has 1 heterocycles. The largest absolute Gasteiger partial charge is 0.365 e. The molecule has 0 aromatic heterocycles. The van der Waals surface area contributed by atoms with Crippen LogP contribution in [0.1, 0.15) is 11.1 Å². The van der Waals surface area contributed by atoms with Gasteiger partial charge in [0.05, 0.1) is 5.25 Å². The van der Waals surface area contributed by atoms with Crippen molar-refractivity contribution in [3.63, 3.8) is 0 Å². The van der Waals surface area contributed by atoms with Gasteiger partial charge in [-0.2, -0.15) is 5.26 Å². The third kappa shape index (κ3) is 3.48. The normalized spacial score (nSPS) is 18.5. The fourth-order valence-electron chi connectivity index (χ4n) is 2.75. The number of amides is 2. The van der Waals surface area contributed by atoms with Crippen LogP contribution in [-0.4, -0.2) is 17.1 Å². The van der Waals surface area contributed by atoms with Crippen molar-refractivity contribution in [2.45, 2.75) is 18.6 Å². The molecule has 0 saturated carbocycles. The van der Waals surface area contributed by atoms with Crippen molar-refractivity contribution in [2.24, 2.45) is 5.73 Å². The first-order chi connectivity index (χ1) is 12.5. The number of nitriles is 1. The summed E-state index contributed by atoms with van der Waals surface area (Å²) in [5, 5.41) is 9.23. The molecule has 0 bridgehead atoms. The quantitative estimate of drug-likeness (QED) is 0.668. The molecule has 3 rings (SSSR count). The molecule has 2 amide bonds. The summed E-state index contributed by atoms with van der Waals surface area (Å²) in [4.78, 5) is 26.2. The third-order valence-corrected chi connectivity index (χ3v) is 5.34. The molecule has 2 N–H and O–H groups in total. The second kappa shape index (κ2) is 7.46. The van der Waals surface area contributed by atoms with Crippen LogP contribution in [0.15, 0.2) is 65.2 Å². The fourth-order valence-corrected chi connectivity index (χ4v) is 4.07. The van der Waals surface area contributed by atoms with Crippen LogP contribution in [-0.2, 0) is 16.0 Å². The topological polar surface area (TPSA) is 87.2 Å². The summed E-state index contributed by atoms with van der Waals surface area (Å²) in [5.74, 6) is -0.995. The maximum Gasteiger partial charge on any atom is 0.262 e. The number of nitrogens with two attached hydrogens (primary N) is 1. The van der Waals surface area contributed by atoms with Crippen LogP contribution in [0, 0.1) is 18.3 Å². The van der Waals surface area contributed by atoms with E-state index in [0.29, 0.717) is 17.1 Å². The highest BCUT2D eigenvalue weighted by atomic mass is 32.2. The van der Waals surface area contributed by atoms with E-state index in [1.807, 2.05) is 43.3 Å². The molecule has 0 aliphatic carbocycles. The minimum absolute atomic E-state index is 0.161. The van der Waals surface area contributed by atoms with Crippen molar-refractivity contribution in [3.05, 3.63) is 76.3 Å². The van der Waals surface area contributed by atoms with Gasteiger partial charge in [-0.15, -0.1) is 0 Å². The number of hydrogen-bond donors (Lipinski definition) is 1. The zero-order valence-electron chi connectivity index (χ0n) is 14.2. The summed E-state index contributed by atoms with van der Waals surface area (Å²) < 4.78 is 0. The Morgan fingerprint density at radius 2 is 1.85 bits per heavy atom. The Morgan fingerprint density at radius 3 is 2.42 bits per heavy atom. The molecule has 5 nitrogen and oxygen atoms in total. The summed E-state index contributed by atoms with van der Waals surface area (Å²) >= 11 is 1.21. The number of carbonyl (C=O) groups is 2. The molecule has 1 aliphatic rings. The van der Waals surface area contributed by atoms with Crippen molar-refractivity contribution < 1.29 is 9.59 Å². The zero-order chi connectivity index (χ0) is 18.7. The van der Waals surface area contributed by atoms with Gasteiger partial charge in [-0.1, -0.05) is 59.8 Å². The molecule has 2 aromatic carbocycles. The molecular formula is C20H17N3O2S. The van der Waals surface area contributed by atoms with Crippen LogP contribution in [0.3, 0.4) is 0 Å². The summed E-state index contributed by atoms with van der Waals surface area (Å²) in [6, 6.07) is 18.8. The molecule has 1 fully saturated rings. The first-order valence-electron chi connectivity index (χ1n) is 8.06. The monoisotopic (exact) mass is 363 g/mol. The lowest BCUT2D eigenvalue weighted by molar-refractivity contribution is -0.117. The van der Waals surface area contributed by atoms with Crippen molar-refractivity contribution in [2.75, 3.05) is 4.90 Å². The number of carbonyl (C=O) groups excluding carboxylic acids is 2. The number of primary amides is 1. The van der Waals surface area contributed by atoms with E-state index < -0.39 is 11.2 Å². The maximum atomic E-state index is 13.0. The summed E-state index contributed by atoms with van der Waals surface area (Å²) in [6.07, 6.45) is 0.508. The minimum atomic E-state index is -0.834. The number of nitrogens with zero attached hydrogens (tertiary/aromatic N) is 2. The fraction of sp³-hybridized carbons (Fsp3) is 0.150. The van der Waals surface area contributed by atoms with Crippen LogP contribution >= 0.6 is 11.8 Å². The van der Waals surface area contributed by atoms with E-state index in [2.05, 4.69) is 0 Å². The number of anilines is 1. The van der Waals surface area contributed by atoms with Gasteiger partial charge >= 0.3 is 0 Å². The van der Waals surface area contributed by atoms with Crippen LogP contribution < -0.4 is 10.6 Å². The third-order valence-electron chi connectivity index (χ3n) is 4.08. The Hall–Kier alpha value is -3.04. The van der Waals surface area contributed by atoms with Crippen LogP contribution in [0.5, 0.6) is 0 Å². The molecular weight excluding hydrogens is 346 g/mol. The highest BCUT2D eigenvalue weighted by Crippen LogP contribution is 2.41. The first-order valence-corrected chi connectivity index (χ1v) is 8.94. The SMILES string of the molecule is Cc1ccc(C[C@H]2S/C(=C(/C#N)C(N)=O)N(c3ccccc3)C2=O)cc1. The number of rotatable bonds is 4. The highest BCUT2D eigenvalue weighted by Gasteiger charge is 2.40. The average molecular weight is 363 g/mol. The standard InChI is InChI=1S/C20H17N3O2S/c1-13-7-9-14(10-8-13)11-17-19(25)23(15-5-3-2-4-6-15)20(26-17)16(12-21)18(22)24/h2-10,17H,11H2,1H3,(H2,22,24)/b20-16-/t17-/m1/s1. The molecule has 26 heavy (non-hydrogen) atoms. The molecule has 130 valence electrons. The van der Waals surface area contributed by atoms with Gasteiger partial charge in [-0.3, -0.25) is 14.5 Å². The van der Waals surface area contributed by atoms with E-state index in [9.17, 15) is 14.9 Å². The van der Waals surface area contributed by atoms with E-state index in [1.165, 1.54) is 16.7 Å². The van der Waals surface area contributed by atoms with Gasteiger partial charge in [0.1, 0.15) is 16.7 Å². The number of benzene rings is 2. The second-order valence-corrected chi connectivity index (χ2v) is 7.15. The molecule has 0 unspecified atom stereocenters. The predicted molar refractivity (Wildman–Crippen MR) is 102 cm³/mol. The van der Waals surface area contributed by atoms with Gasteiger partial charge in [-0.25, -0.2) is 0 Å². The average Bonchev–Trinajstić information content (AvgIpc) is 2.94. The molecule has 1 aliphatic heterocycles. The lowest BCUT2D eigenvalue weighted by atomic mass is 10.1. The smallest absolute Gasteiger partial charge is 0.262 e. The van der Waals surface area contributed by atoms with Crippen molar-refractivity contribution in [3.8, 4) is 6.07 Å². The van der Waals surface area contributed by atoms with Gasteiger partial charge in [0.25, 0.3) is 5.91 Å². The van der Waals surface area contributed by atoms with Crippen molar-refractivity contribution in [1.82, 2.24) is 0 Å². The Balaban J connectivity index is 2.00. The minimum Gasteiger partial charge on any atom is -0.365 e. The first kappa shape index (κ1) is 17.8. The van der Waals surface area contributed by atoms with Gasteiger partial charge < -0.3 is 5.73 Å². The Kier molecular flexibility index (Phi) is 5.10. The van der Waals surface area contributed by atoms with E-state index in [-0.39, 0.29) is 11.5 Å². The van der Waals surface area contributed by atoms with E-state index in [1.54, 1.807) is 24.3 Å². The zero-order valence-corrected chi connectivity index (χ0v) is 15.0. The van der Waals surface area contributed by atoms with Gasteiger partial charge in [0.15, 0.2) is 0 Å². The van der Waals surface area contributed by atoms with Gasteiger partial charge in [0, 0.05) is 5.69 Å². The van der Waals surface area contributed by atoms with Crippen molar-refractivity contribution >= 4 is 29.3 Å². The maximum absolute atomic E-state index is 13.0. The Bertz CT molecular complexity index is 914. The Morgan fingerprint density at radius 1 is 1.19 bits per heavy atom. The number of para-hydroxylation sites is 1. The summed E-state index contributed by atoms with van der Waals surface area (Å²) in [7, 11) is 0. The lowest BCUT2D eigenvalue weighted by Crippen LogP contribution is -2.30. The molecule has 6 heteroatoms. The number of hydrogen-bond acceptors (Lipinski definition) is 4. The van der Waals surface area contributed by atoms with Gasteiger partial charge in [-0.05, 0) is 31.0 Å². The van der Waals surface area contributed by atoms with E-state index >= 15 is 0 Å². The number of aryl methyl sites for hydroxylation is 1. The Labute approximate surface area is 156 Å². The molecule has 1 saturated heterocycles. The molecule has 1 atom stereocenters. The van der Waals surface area contributed by atoms with Crippen LogP contribution in [0.4, 0.5) is 5.69 Å². The highest BCUT2D eigenvalue weighted by molar-refractivity contribution is 8.05. The molecule has 2 aromatic rings.